The van der Waals surface area contributed by atoms with Gasteiger partial charge in [-0.25, -0.2) is 0 Å². The quantitative estimate of drug-likeness (QED) is 0.610. The smallest absolute Gasteiger partial charge is 0.0661 e. The predicted molar refractivity (Wildman–Crippen MR) is 76.7 cm³/mol. The molecule has 1 N–H and O–H groups in total. The molecule has 0 bridgehead atoms. The van der Waals surface area contributed by atoms with E-state index in [1.165, 1.54) is 9.13 Å². The maximum Gasteiger partial charge on any atom is 0.0661 e. The summed E-state index contributed by atoms with van der Waals surface area (Å²) >= 11 is 2.34. The third-order valence-electron chi connectivity index (χ3n) is 2.33. The summed E-state index contributed by atoms with van der Waals surface area (Å²) in [7, 11) is 0. The number of benzene rings is 1. The van der Waals surface area contributed by atoms with E-state index in [-0.39, 0.29) is 0 Å². The van der Waals surface area contributed by atoms with Crippen molar-refractivity contribution in [2.24, 2.45) is 0 Å². The summed E-state index contributed by atoms with van der Waals surface area (Å²) in [6.07, 6.45) is 1.07. The number of nitrogens with one attached hydrogen (secondary N) is 1. The molecule has 0 saturated carbocycles. The summed E-state index contributed by atoms with van der Waals surface area (Å²) < 4.78 is 6.90. The molecule has 0 saturated heterocycles. The normalized spacial score (nSPS) is 12.7. The van der Waals surface area contributed by atoms with Crippen LogP contribution in [-0.4, -0.2) is 19.8 Å². The lowest BCUT2D eigenvalue weighted by atomic mass is 10.1. The lowest BCUT2D eigenvalue weighted by Crippen LogP contribution is -2.25. The van der Waals surface area contributed by atoms with E-state index in [1.54, 1.807) is 0 Å². The van der Waals surface area contributed by atoms with E-state index in [4.69, 9.17) is 4.74 Å². The van der Waals surface area contributed by atoms with Gasteiger partial charge in [-0.15, -0.1) is 0 Å². The van der Waals surface area contributed by atoms with Crippen molar-refractivity contribution in [2.75, 3.05) is 19.8 Å². The maximum absolute atomic E-state index is 5.63. The van der Waals surface area contributed by atoms with E-state index in [1.807, 2.05) is 0 Å². The number of likely N-dealkylation sites (N-methyl/N-ethyl adjacent to an activating group) is 1. The molecule has 0 amide bonds. The molecule has 0 aromatic heterocycles. The predicted octanol–water partition coefficient (Wildman–Crippen LogP) is 3.37. The van der Waals surface area contributed by atoms with Crippen molar-refractivity contribution >= 4 is 22.6 Å². The third kappa shape index (κ3) is 4.80. The zero-order valence-electron chi connectivity index (χ0n) is 10.0. The molecule has 1 unspecified atom stereocenters. The van der Waals surface area contributed by atoms with Gasteiger partial charge in [0.1, 0.15) is 0 Å². The monoisotopic (exact) mass is 333 g/mol. The van der Waals surface area contributed by atoms with Gasteiger partial charge in [-0.05, 0) is 53.3 Å². The van der Waals surface area contributed by atoms with Crippen molar-refractivity contribution < 1.29 is 4.74 Å². The molecule has 2 nitrogen and oxygen atoms in total. The van der Waals surface area contributed by atoms with E-state index in [9.17, 15) is 0 Å². The Hall–Kier alpha value is -0.130. The first-order chi connectivity index (χ1) is 7.77. The van der Waals surface area contributed by atoms with E-state index in [2.05, 4.69) is 66.0 Å². The number of rotatable bonds is 7. The fraction of sp³-hybridized carbons (Fsp3) is 0.538. The van der Waals surface area contributed by atoms with Gasteiger partial charge < -0.3 is 10.1 Å². The van der Waals surface area contributed by atoms with Crippen LogP contribution in [0.15, 0.2) is 24.3 Å². The van der Waals surface area contributed by atoms with Crippen LogP contribution < -0.4 is 5.32 Å². The molecule has 3 heteroatoms. The van der Waals surface area contributed by atoms with Crippen molar-refractivity contribution in [1.82, 2.24) is 5.32 Å². The Bertz CT molecular complexity index is 304. The van der Waals surface area contributed by atoms with Gasteiger partial charge in [0.05, 0.1) is 12.6 Å². The van der Waals surface area contributed by atoms with Crippen LogP contribution in [0.5, 0.6) is 0 Å². The highest BCUT2D eigenvalue weighted by Crippen LogP contribution is 2.16. The Morgan fingerprint density at radius 3 is 2.81 bits per heavy atom. The zero-order chi connectivity index (χ0) is 11.8. The van der Waals surface area contributed by atoms with E-state index >= 15 is 0 Å². The van der Waals surface area contributed by atoms with E-state index < -0.39 is 0 Å². The summed E-state index contributed by atoms with van der Waals surface area (Å²) in [5.74, 6) is 0. The van der Waals surface area contributed by atoms with Crippen LogP contribution in [0.4, 0.5) is 0 Å². The van der Waals surface area contributed by atoms with Crippen LogP contribution in [-0.2, 0) is 4.74 Å². The maximum atomic E-state index is 5.63. The molecule has 0 spiro atoms. The second-order valence-corrected chi connectivity index (χ2v) is 4.99. The van der Waals surface area contributed by atoms with E-state index in [0.717, 1.165) is 26.2 Å². The van der Waals surface area contributed by atoms with Crippen LogP contribution in [0.1, 0.15) is 31.9 Å². The van der Waals surface area contributed by atoms with Crippen LogP contribution in [0.25, 0.3) is 0 Å². The standard InChI is InChI=1S/C13H20INO/c1-3-8-16-10-13(15-4-2)11-6-5-7-12(14)9-11/h5-7,9,13,15H,3-4,8,10H2,1-2H3. The summed E-state index contributed by atoms with van der Waals surface area (Å²) in [5, 5.41) is 3.46. The summed E-state index contributed by atoms with van der Waals surface area (Å²) in [4.78, 5) is 0. The molecule has 90 valence electrons. The molecule has 1 atom stereocenters. The molecular weight excluding hydrogens is 313 g/mol. The molecule has 1 aromatic carbocycles. The summed E-state index contributed by atoms with van der Waals surface area (Å²) in [5.41, 5.74) is 1.31. The van der Waals surface area contributed by atoms with Crippen molar-refractivity contribution in [1.29, 1.82) is 0 Å². The molecular formula is C13H20INO. The highest BCUT2D eigenvalue weighted by atomic mass is 127. The molecule has 16 heavy (non-hydrogen) atoms. The fourth-order valence-corrected chi connectivity index (χ4v) is 2.16. The molecule has 1 rings (SSSR count). The third-order valence-corrected chi connectivity index (χ3v) is 3.01. The Balaban J connectivity index is 2.61. The first-order valence-electron chi connectivity index (χ1n) is 5.84. The number of ether oxygens (including phenoxy) is 1. The molecule has 1 aromatic rings. The molecule has 0 radical (unpaired) electrons. The van der Waals surface area contributed by atoms with E-state index in [0.29, 0.717) is 6.04 Å². The Morgan fingerprint density at radius 1 is 1.38 bits per heavy atom. The molecule has 0 heterocycles. The summed E-state index contributed by atoms with van der Waals surface area (Å²) in [6.45, 7) is 6.81. The average Bonchev–Trinajstić information content (AvgIpc) is 2.28. The second kappa shape index (κ2) is 8.03. The largest absolute Gasteiger partial charge is 0.379 e. The van der Waals surface area contributed by atoms with Gasteiger partial charge in [0, 0.05) is 10.2 Å². The minimum Gasteiger partial charge on any atom is -0.379 e. The number of halogens is 1. The van der Waals surface area contributed by atoms with Crippen molar-refractivity contribution in [3.05, 3.63) is 33.4 Å². The molecule has 0 aliphatic carbocycles. The lowest BCUT2D eigenvalue weighted by molar-refractivity contribution is 0.112. The zero-order valence-corrected chi connectivity index (χ0v) is 12.2. The van der Waals surface area contributed by atoms with Crippen LogP contribution in [0, 0.1) is 3.57 Å². The molecule has 0 aliphatic heterocycles. The SMILES string of the molecule is CCCOCC(NCC)c1cccc(I)c1. The molecule has 0 aliphatic rings. The van der Waals surface area contributed by atoms with Gasteiger partial charge in [-0.1, -0.05) is 26.0 Å². The number of hydrogen-bond donors (Lipinski definition) is 1. The highest BCUT2D eigenvalue weighted by molar-refractivity contribution is 14.1. The number of hydrogen-bond acceptors (Lipinski definition) is 2. The Labute approximate surface area is 112 Å². The average molecular weight is 333 g/mol. The molecule has 0 fully saturated rings. The van der Waals surface area contributed by atoms with Gasteiger partial charge >= 0.3 is 0 Å². The Kier molecular flexibility index (Phi) is 7.00. The van der Waals surface area contributed by atoms with Gasteiger partial charge in [-0.2, -0.15) is 0 Å². The minimum absolute atomic E-state index is 0.311. The van der Waals surface area contributed by atoms with Gasteiger partial charge in [0.2, 0.25) is 0 Å². The topological polar surface area (TPSA) is 21.3 Å². The van der Waals surface area contributed by atoms with Crippen molar-refractivity contribution in [2.45, 2.75) is 26.3 Å². The van der Waals surface area contributed by atoms with Crippen LogP contribution in [0.2, 0.25) is 0 Å². The van der Waals surface area contributed by atoms with Crippen LogP contribution >= 0.6 is 22.6 Å². The van der Waals surface area contributed by atoms with Crippen LogP contribution in [0.3, 0.4) is 0 Å². The highest BCUT2D eigenvalue weighted by Gasteiger charge is 2.10. The first-order valence-corrected chi connectivity index (χ1v) is 6.92. The fourth-order valence-electron chi connectivity index (χ4n) is 1.59. The van der Waals surface area contributed by atoms with Gasteiger partial charge in [-0.3, -0.25) is 0 Å². The lowest BCUT2D eigenvalue weighted by Gasteiger charge is -2.18. The summed E-state index contributed by atoms with van der Waals surface area (Å²) in [6, 6.07) is 8.89. The van der Waals surface area contributed by atoms with Crippen molar-refractivity contribution in [3.63, 3.8) is 0 Å². The Morgan fingerprint density at radius 2 is 2.19 bits per heavy atom. The second-order valence-electron chi connectivity index (χ2n) is 3.74. The minimum atomic E-state index is 0.311. The van der Waals surface area contributed by atoms with Gasteiger partial charge in [0.25, 0.3) is 0 Å². The van der Waals surface area contributed by atoms with Gasteiger partial charge in [0.15, 0.2) is 0 Å². The van der Waals surface area contributed by atoms with Crippen molar-refractivity contribution in [3.8, 4) is 0 Å². The first kappa shape index (κ1) is 13.9.